The number of halogens is 1. The van der Waals surface area contributed by atoms with Gasteiger partial charge in [0.2, 0.25) is 0 Å². The van der Waals surface area contributed by atoms with Crippen LogP contribution < -0.4 is 11.1 Å². The van der Waals surface area contributed by atoms with Crippen molar-refractivity contribution in [3.63, 3.8) is 0 Å². The van der Waals surface area contributed by atoms with Gasteiger partial charge in [-0.25, -0.2) is 0 Å². The summed E-state index contributed by atoms with van der Waals surface area (Å²) in [6.45, 7) is 2.00. The number of anilines is 1. The highest BCUT2D eigenvalue weighted by Gasteiger charge is 2.05. The van der Waals surface area contributed by atoms with Gasteiger partial charge in [-0.1, -0.05) is 28.1 Å². The number of rotatable bonds is 3. The summed E-state index contributed by atoms with van der Waals surface area (Å²) in [4.78, 5) is 30.5. The molecule has 2 aromatic rings. The molecule has 2 rings (SSSR count). The first kappa shape index (κ1) is 19.7. The van der Waals surface area contributed by atoms with Crippen molar-refractivity contribution < 1.29 is 14.4 Å². The number of aldehydes is 1. The third kappa shape index (κ3) is 6.43. The lowest BCUT2D eigenvalue weighted by Crippen LogP contribution is -2.11. The third-order valence-electron chi connectivity index (χ3n) is 2.39. The lowest BCUT2D eigenvalue weighted by atomic mass is 10.2. The van der Waals surface area contributed by atoms with E-state index >= 15 is 0 Å². The Morgan fingerprint density at radius 2 is 1.73 bits per heavy atom. The molecule has 6 heteroatoms. The SMILES string of the molecule is C=O.CN.O=Cc1cccc(NC(=O)c2ccc(Br)cc2)c1. The molecule has 0 aliphatic heterocycles. The van der Waals surface area contributed by atoms with Crippen LogP contribution in [-0.4, -0.2) is 26.0 Å². The summed E-state index contributed by atoms with van der Waals surface area (Å²) >= 11 is 3.31. The largest absolute Gasteiger partial charge is 0.333 e. The van der Waals surface area contributed by atoms with Gasteiger partial charge in [0, 0.05) is 21.3 Å². The van der Waals surface area contributed by atoms with Crippen LogP contribution in [0.2, 0.25) is 0 Å². The molecular weight excluding hydrogens is 348 g/mol. The summed E-state index contributed by atoms with van der Waals surface area (Å²) in [6.07, 6.45) is 0.745. The maximum absolute atomic E-state index is 11.9. The Bertz CT molecular complexity index is 601. The third-order valence-corrected chi connectivity index (χ3v) is 2.92. The molecule has 0 heterocycles. The number of nitrogens with two attached hydrogens (primary N) is 1. The number of hydrogen-bond donors (Lipinski definition) is 2. The molecule has 0 unspecified atom stereocenters. The van der Waals surface area contributed by atoms with Crippen molar-refractivity contribution >= 4 is 40.6 Å². The van der Waals surface area contributed by atoms with Crippen molar-refractivity contribution in [1.29, 1.82) is 0 Å². The fraction of sp³-hybridized carbons (Fsp3) is 0.0625. The summed E-state index contributed by atoms with van der Waals surface area (Å²) in [7, 11) is 1.50. The van der Waals surface area contributed by atoms with Crippen LogP contribution in [0.5, 0.6) is 0 Å². The van der Waals surface area contributed by atoms with Gasteiger partial charge in [0.05, 0.1) is 0 Å². The molecule has 1 amide bonds. The van der Waals surface area contributed by atoms with Crippen molar-refractivity contribution in [3.8, 4) is 0 Å². The number of hydrogen-bond acceptors (Lipinski definition) is 4. The Morgan fingerprint density at radius 1 is 1.14 bits per heavy atom. The average Bonchev–Trinajstić information content (AvgIpc) is 2.59. The van der Waals surface area contributed by atoms with Gasteiger partial charge in [-0.3, -0.25) is 9.59 Å². The molecular formula is C16H17BrN2O3. The fourth-order valence-electron chi connectivity index (χ4n) is 1.49. The lowest BCUT2D eigenvalue weighted by molar-refractivity contribution is -0.0980. The maximum Gasteiger partial charge on any atom is 0.255 e. The van der Waals surface area contributed by atoms with Crippen molar-refractivity contribution in [2.45, 2.75) is 0 Å². The van der Waals surface area contributed by atoms with Crippen LogP contribution in [-0.2, 0) is 4.79 Å². The van der Waals surface area contributed by atoms with Crippen molar-refractivity contribution in [3.05, 3.63) is 64.1 Å². The molecule has 0 bridgehead atoms. The van der Waals surface area contributed by atoms with Gasteiger partial charge in [-0.05, 0) is 43.4 Å². The Kier molecular flexibility index (Phi) is 10.2. The topological polar surface area (TPSA) is 89.3 Å². The smallest absolute Gasteiger partial charge is 0.255 e. The van der Waals surface area contributed by atoms with Crippen LogP contribution in [0.1, 0.15) is 20.7 Å². The van der Waals surface area contributed by atoms with E-state index in [1.807, 2.05) is 6.79 Å². The second-order valence-corrected chi connectivity index (χ2v) is 4.62. The maximum atomic E-state index is 11.9. The summed E-state index contributed by atoms with van der Waals surface area (Å²) in [6, 6.07) is 13.8. The van der Waals surface area contributed by atoms with Gasteiger partial charge in [0.25, 0.3) is 5.91 Å². The fourth-order valence-corrected chi connectivity index (χ4v) is 1.76. The van der Waals surface area contributed by atoms with Crippen molar-refractivity contribution in [2.75, 3.05) is 12.4 Å². The molecule has 22 heavy (non-hydrogen) atoms. The highest BCUT2D eigenvalue weighted by atomic mass is 79.9. The van der Waals surface area contributed by atoms with Crippen molar-refractivity contribution in [2.24, 2.45) is 5.73 Å². The van der Waals surface area contributed by atoms with E-state index in [2.05, 4.69) is 27.0 Å². The average molecular weight is 365 g/mol. The number of nitrogens with one attached hydrogen (secondary N) is 1. The van der Waals surface area contributed by atoms with Gasteiger partial charge in [0.15, 0.2) is 0 Å². The van der Waals surface area contributed by atoms with Gasteiger partial charge < -0.3 is 15.8 Å². The standard InChI is InChI=1S/C14H10BrNO2.CH5N.CH2O/c15-12-6-4-11(5-7-12)14(18)16-13-3-1-2-10(8-13)9-17;2*1-2/h1-9H,(H,16,18);2H2,1H3;1H2. The zero-order valence-electron chi connectivity index (χ0n) is 12.1. The van der Waals surface area contributed by atoms with E-state index in [1.54, 1.807) is 48.5 Å². The number of carbonyl (C=O) groups excluding carboxylic acids is 3. The molecule has 0 saturated heterocycles. The van der Waals surface area contributed by atoms with E-state index in [4.69, 9.17) is 4.79 Å². The number of carbonyl (C=O) groups is 3. The van der Waals surface area contributed by atoms with Gasteiger partial charge in [-0.15, -0.1) is 0 Å². The zero-order chi connectivity index (χ0) is 17.0. The molecule has 0 radical (unpaired) electrons. The Labute approximate surface area is 137 Å². The van der Waals surface area contributed by atoms with Gasteiger partial charge >= 0.3 is 0 Å². The molecule has 2 aromatic carbocycles. The summed E-state index contributed by atoms with van der Waals surface area (Å²) in [5.74, 6) is -0.203. The van der Waals surface area contributed by atoms with Crippen molar-refractivity contribution in [1.82, 2.24) is 0 Å². The Morgan fingerprint density at radius 3 is 2.27 bits per heavy atom. The Balaban J connectivity index is 0.00000102. The first-order valence-electron chi connectivity index (χ1n) is 6.18. The second kappa shape index (κ2) is 11.4. The van der Waals surface area contributed by atoms with E-state index in [0.717, 1.165) is 10.8 Å². The minimum absolute atomic E-state index is 0.203. The normalized spacial score (nSPS) is 8.50. The predicted molar refractivity (Wildman–Crippen MR) is 91.2 cm³/mol. The van der Waals surface area contributed by atoms with Crippen LogP contribution in [0.25, 0.3) is 0 Å². The van der Waals surface area contributed by atoms with E-state index in [-0.39, 0.29) is 5.91 Å². The van der Waals surface area contributed by atoms with Crippen LogP contribution in [0.15, 0.2) is 53.0 Å². The van der Waals surface area contributed by atoms with Gasteiger partial charge in [-0.2, -0.15) is 0 Å². The molecule has 0 spiro atoms. The minimum atomic E-state index is -0.203. The summed E-state index contributed by atoms with van der Waals surface area (Å²) in [5.41, 5.74) is 6.20. The van der Waals surface area contributed by atoms with Crippen LogP contribution in [0, 0.1) is 0 Å². The first-order chi connectivity index (χ1) is 10.7. The molecule has 0 aliphatic carbocycles. The molecule has 0 atom stereocenters. The van der Waals surface area contributed by atoms with E-state index in [1.165, 1.54) is 7.05 Å². The number of benzene rings is 2. The zero-order valence-corrected chi connectivity index (χ0v) is 13.7. The summed E-state index contributed by atoms with van der Waals surface area (Å²) < 4.78 is 0.919. The molecule has 0 aromatic heterocycles. The summed E-state index contributed by atoms with van der Waals surface area (Å²) in [5, 5.41) is 2.74. The van der Waals surface area contributed by atoms with E-state index < -0.39 is 0 Å². The van der Waals surface area contributed by atoms with E-state index in [9.17, 15) is 9.59 Å². The highest BCUT2D eigenvalue weighted by molar-refractivity contribution is 9.10. The number of amides is 1. The van der Waals surface area contributed by atoms with Gasteiger partial charge in [0.1, 0.15) is 13.1 Å². The van der Waals surface area contributed by atoms with E-state index in [0.29, 0.717) is 16.8 Å². The molecule has 116 valence electrons. The predicted octanol–water partition coefficient (Wildman–Crippen LogP) is 2.90. The second-order valence-electron chi connectivity index (χ2n) is 3.70. The Hall–Kier alpha value is -2.31. The van der Waals surface area contributed by atoms with Crippen LogP contribution >= 0.6 is 15.9 Å². The molecule has 5 nitrogen and oxygen atoms in total. The monoisotopic (exact) mass is 364 g/mol. The lowest BCUT2D eigenvalue weighted by Gasteiger charge is -2.05. The van der Waals surface area contributed by atoms with Crippen LogP contribution in [0.3, 0.4) is 0 Å². The molecule has 0 fully saturated rings. The highest BCUT2D eigenvalue weighted by Crippen LogP contribution is 2.14. The first-order valence-corrected chi connectivity index (χ1v) is 6.97. The quantitative estimate of drug-likeness (QED) is 0.819. The molecule has 3 N–H and O–H groups in total. The molecule has 0 saturated carbocycles. The van der Waals surface area contributed by atoms with Crippen LogP contribution in [0.4, 0.5) is 5.69 Å². The molecule has 0 aliphatic rings. The minimum Gasteiger partial charge on any atom is -0.333 e.